The molecule has 1 aromatic heterocycles. The van der Waals surface area contributed by atoms with Gasteiger partial charge in [0.2, 0.25) is 5.91 Å². The van der Waals surface area contributed by atoms with E-state index in [-0.39, 0.29) is 5.91 Å². The molecule has 2 aromatic rings. The van der Waals surface area contributed by atoms with E-state index >= 15 is 0 Å². The van der Waals surface area contributed by atoms with Gasteiger partial charge >= 0.3 is 0 Å². The summed E-state index contributed by atoms with van der Waals surface area (Å²) in [4.78, 5) is 21.1. The highest BCUT2D eigenvalue weighted by Crippen LogP contribution is 2.29. The van der Waals surface area contributed by atoms with Crippen LogP contribution < -0.4 is 5.32 Å². The number of likely N-dealkylation sites (N-methyl/N-ethyl adjacent to an activating group) is 1. The standard InChI is InChI=1S/C16H18BrClN4O/c1-21-6-8-22(9-7-21)10-15(23)19-14-5-2-11-13(18)4-3-12(17)16(11)20-14/h2-5H,6-10H2,1H3,(H,19,20,23). The van der Waals surface area contributed by atoms with Crippen LogP contribution in [0.2, 0.25) is 5.02 Å². The van der Waals surface area contributed by atoms with Crippen LogP contribution in [0, 0.1) is 0 Å². The fraction of sp³-hybridized carbons (Fsp3) is 0.375. The quantitative estimate of drug-likeness (QED) is 0.865. The topological polar surface area (TPSA) is 48.5 Å². The lowest BCUT2D eigenvalue weighted by atomic mass is 10.2. The van der Waals surface area contributed by atoms with E-state index in [1.165, 1.54) is 0 Å². The van der Waals surface area contributed by atoms with Gasteiger partial charge < -0.3 is 10.2 Å². The second-order valence-electron chi connectivity index (χ2n) is 5.75. The molecule has 23 heavy (non-hydrogen) atoms. The van der Waals surface area contributed by atoms with Gasteiger partial charge in [0.05, 0.1) is 17.1 Å². The number of carbonyl (C=O) groups is 1. The molecule has 0 spiro atoms. The van der Waals surface area contributed by atoms with Gasteiger partial charge in [-0.05, 0) is 47.2 Å². The summed E-state index contributed by atoms with van der Waals surface area (Å²) >= 11 is 9.64. The average molecular weight is 398 g/mol. The SMILES string of the molecule is CN1CCN(CC(=O)Nc2ccc3c(Cl)ccc(Br)c3n2)CC1. The van der Waals surface area contributed by atoms with Crippen molar-refractivity contribution in [1.29, 1.82) is 0 Å². The lowest BCUT2D eigenvalue weighted by molar-refractivity contribution is -0.117. The van der Waals surface area contributed by atoms with E-state index in [1.807, 2.05) is 18.2 Å². The molecule has 1 amide bonds. The first-order valence-corrected chi connectivity index (χ1v) is 8.65. The van der Waals surface area contributed by atoms with E-state index in [2.05, 4.69) is 43.1 Å². The van der Waals surface area contributed by atoms with Crippen molar-refractivity contribution < 1.29 is 4.79 Å². The Bertz CT molecular complexity index is 731. The Balaban J connectivity index is 1.69. The zero-order valence-corrected chi connectivity index (χ0v) is 15.2. The normalized spacial score (nSPS) is 16.7. The highest BCUT2D eigenvalue weighted by atomic mass is 79.9. The fourth-order valence-corrected chi connectivity index (χ4v) is 3.26. The largest absolute Gasteiger partial charge is 0.310 e. The van der Waals surface area contributed by atoms with Crippen molar-refractivity contribution in [1.82, 2.24) is 14.8 Å². The number of amides is 1. The van der Waals surface area contributed by atoms with Gasteiger partial charge in [-0.3, -0.25) is 9.69 Å². The predicted octanol–water partition coefficient (Wildman–Crippen LogP) is 2.84. The first kappa shape index (κ1) is 16.6. The summed E-state index contributed by atoms with van der Waals surface area (Å²) in [5.74, 6) is 0.499. The van der Waals surface area contributed by atoms with Gasteiger partial charge in [0.25, 0.3) is 0 Å². The van der Waals surface area contributed by atoms with Crippen molar-refractivity contribution in [2.24, 2.45) is 0 Å². The van der Waals surface area contributed by atoms with Gasteiger partial charge in [-0.1, -0.05) is 11.6 Å². The van der Waals surface area contributed by atoms with Gasteiger partial charge in [-0.2, -0.15) is 0 Å². The number of halogens is 2. The molecular weight excluding hydrogens is 380 g/mol. The maximum Gasteiger partial charge on any atom is 0.239 e. The third-order valence-corrected chi connectivity index (χ3v) is 4.95. The number of fused-ring (bicyclic) bond motifs is 1. The maximum absolute atomic E-state index is 12.2. The number of nitrogens with one attached hydrogen (secondary N) is 1. The minimum absolute atomic E-state index is 0.0421. The maximum atomic E-state index is 12.2. The number of pyridine rings is 1. The second kappa shape index (κ2) is 7.13. The monoisotopic (exact) mass is 396 g/mol. The van der Waals surface area contributed by atoms with E-state index in [1.54, 1.807) is 6.07 Å². The molecule has 0 radical (unpaired) electrons. The molecule has 5 nitrogen and oxygen atoms in total. The number of hydrogen-bond donors (Lipinski definition) is 1. The van der Waals surface area contributed by atoms with Gasteiger partial charge in [-0.15, -0.1) is 0 Å². The molecule has 0 aliphatic carbocycles. The molecule has 7 heteroatoms. The van der Waals surface area contributed by atoms with Crippen LogP contribution >= 0.6 is 27.5 Å². The van der Waals surface area contributed by atoms with E-state index in [4.69, 9.17) is 11.6 Å². The highest BCUT2D eigenvalue weighted by Gasteiger charge is 2.17. The first-order valence-electron chi connectivity index (χ1n) is 7.48. The summed E-state index contributed by atoms with van der Waals surface area (Å²) in [7, 11) is 2.10. The van der Waals surface area contributed by atoms with Crippen LogP contribution in [0.3, 0.4) is 0 Å². The smallest absolute Gasteiger partial charge is 0.239 e. The van der Waals surface area contributed by atoms with Crippen molar-refractivity contribution in [3.63, 3.8) is 0 Å². The third kappa shape index (κ3) is 4.01. The molecule has 0 atom stereocenters. The van der Waals surface area contributed by atoms with Gasteiger partial charge in [0.1, 0.15) is 5.82 Å². The molecule has 1 aliphatic rings. The molecule has 2 heterocycles. The molecule has 1 fully saturated rings. The molecule has 1 saturated heterocycles. The van der Waals surface area contributed by atoms with E-state index in [0.29, 0.717) is 17.4 Å². The zero-order valence-electron chi connectivity index (χ0n) is 12.9. The van der Waals surface area contributed by atoms with Gasteiger partial charge in [0, 0.05) is 36.0 Å². The highest BCUT2D eigenvalue weighted by molar-refractivity contribution is 9.10. The minimum atomic E-state index is -0.0421. The van der Waals surface area contributed by atoms with Gasteiger partial charge in [0.15, 0.2) is 0 Å². The van der Waals surface area contributed by atoms with Crippen LogP contribution in [0.4, 0.5) is 5.82 Å². The lowest BCUT2D eigenvalue weighted by Crippen LogP contribution is -2.47. The number of rotatable bonds is 3. The predicted molar refractivity (Wildman–Crippen MR) is 97.0 cm³/mol. The van der Waals surface area contributed by atoms with Crippen molar-refractivity contribution in [3.8, 4) is 0 Å². The minimum Gasteiger partial charge on any atom is -0.310 e. The van der Waals surface area contributed by atoms with Crippen LogP contribution in [-0.4, -0.2) is 60.5 Å². The van der Waals surface area contributed by atoms with Crippen LogP contribution in [-0.2, 0) is 4.79 Å². The number of hydrogen-bond acceptors (Lipinski definition) is 4. The van der Waals surface area contributed by atoms with Crippen LogP contribution in [0.25, 0.3) is 10.9 Å². The molecule has 3 rings (SSSR count). The van der Waals surface area contributed by atoms with Crippen molar-refractivity contribution >= 4 is 50.2 Å². The molecule has 1 aliphatic heterocycles. The Hall–Kier alpha value is -1.21. The Kier molecular flexibility index (Phi) is 5.16. The molecule has 0 saturated carbocycles. The Labute approximate surface area is 148 Å². The van der Waals surface area contributed by atoms with Crippen LogP contribution in [0.1, 0.15) is 0 Å². The van der Waals surface area contributed by atoms with Crippen molar-refractivity contribution in [2.45, 2.75) is 0 Å². The Morgan fingerprint density at radius 3 is 2.74 bits per heavy atom. The average Bonchev–Trinajstić information content (AvgIpc) is 2.53. The lowest BCUT2D eigenvalue weighted by Gasteiger charge is -2.31. The molecular formula is C16H18BrClN4O. The number of piperazine rings is 1. The Morgan fingerprint density at radius 1 is 1.26 bits per heavy atom. The van der Waals surface area contributed by atoms with Crippen molar-refractivity contribution in [3.05, 3.63) is 33.8 Å². The zero-order chi connectivity index (χ0) is 16.4. The summed E-state index contributed by atoms with van der Waals surface area (Å²) in [6, 6.07) is 7.33. The molecule has 1 N–H and O–H groups in total. The number of aromatic nitrogens is 1. The van der Waals surface area contributed by atoms with Crippen molar-refractivity contribution in [2.75, 3.05) is 45.1 Å². The van der Waals surface area contributed by atoms with Crippen LogP contribution in [0.15, 0.2) is 28.7 Å². The fourth-order valence-electron chi connectivity index (χ4n) is 2.61. The second-order valence-corrected chi connectivity index (χ2v) is 7.01. The third-order valence-electron chi connectivity index (χ3n) is 3.99. The number of benzene rings is 1. The first-order chi connectivity index (χ1) is 11.0. The summed E-state index contributed by atoms with van der Waals surface area (Å²) in [5, 5.41) is 4.37. The Morgan fingerprint density at radius 2 is 2.00 bits per heavy atom. The molecule has 122 valence electrons. The number of anilines is 1. The summed E-state index contributed by atoms with van der Waals surface area (Å²) < 4.78 is 0.854. The van der Waals surface area contributed by atoms with Crippen LogP contribution in [0.5, 0.6) is 0 Å². The molecule has 1 aromatic carbocycles. The van der Waals surface area contributed by atoms with Gasteiger partial charge in [-0.25, -0.2) is 4.98 Å². The number of carbonyl (C=O) groups excluding carboxylic acids is 1. The van der Waals surface area contributed by atoms with E-state index in [9.17, 15) is 4.79 Å². The summed E-state index contributed by atoms with van der Waals surface area (Å²) in [6.07, 6.45) is 0. The summed E-state index contributed by atoms with van der Waals surface area (Å²) in [6.45, 7) is 4.20. The molecule has 0 unspecified atom stereocenters. The number of nitrogens with zero attached hydrogens (tertiary/aromatic N) is 3. The summed E-state index contributed by atoms with van der Waals surface area (Å²) in [5.41, 5.74) is 0.745. The van der Waals surface area contributed by atoms with E-state index in [0.717, 1.165) is 41.6 Å². The van der Waals surface area contributed by atoms with E-state index < -0.39 is 0 Å². The molecule has 0 bridgehead atoms.